The van der Waals surface area contributed by atoms with E-state index >= 15 is 0 Å². The van der Waals surface area contributed by atoms with Crippen LogP contribution in [-0.2, 0) is 9.53 Å². The number of hydrogen-bond donors (Lipinski definition) is 2. The lowest BCUT2D eigenvalue weighted by molar-refractivity contribution is -0.121. The Morgan fingerprint density at radius 1 is 1.58 bits per heavy atom. The first-order valence-electron chi connectivity index (χ1n) is 4.32. The molecule has 0 aliphatic heterocycles. The lowest BCUT2D eigenvalue weighted by Crippen LogP contribution is -2.44. The van der Waals surface area contributed by atoms with E-state index in [1.54, 1.807) is 0 Å². The highest BCUT2D eigenvalue weighted by molar-refractivity contribution is 5.79. The number of primary amides is 1. The summed E-state index contributed by atoms with van der Waals surface area (Å²) in [6.45, 7) is 5.69. The maximum absolute atomic E-state index is 10.8. The average molecular weight is 174 g/mol. The summed E-state index contributed by atoms with van der Waals surface area (Å²) in [7, 11) is 0. The summed E-state index contributed by atoms with van der Waals surface area (Å²) in [5.74, 6) is -0.350. The molecule has 3 N–H and O–H groups in total. The maximum Gasteiger partial charge on any atom is 0.236 e. The molecule has 0 spiro atoms. The standard InChI is InChI=1S/C8H18N2O2/c1-3-5-10-7(8(9)11)6-12-4-2/h7,10H,3-6H2,1-2H3,(H2,9,11). The number of rotatable bonds is 7. The average Bonchev–Trinajstić information content (AvgIpc) is 2.04. The van der Waals surface area contributed by atoms with Crippen molar-refractivity contribution in [1.29, 1.82) is 0 Å². The van der Waals surface area contributed by atoms with Crippen LogP contribution in [0.4, 0.5) is 0 Å². The monoisotopic (exact) mass is 174 g/mol. The molecular weight excluding hydrogens is 156 g/mol. The molecule has 0 rings (SSSR count). The van der Waals surface area contributed by atoms with Crippen molar-refractivity contribution in [2.24, 2.45) is 5.73 Å². The predicted octanol–water partition coefficient (Wildman–Crippen LogP) is -0.124. The zero-order chi connectivity index (χ0) is 9.40. The van der Waals surface area contributed by atoms with E-state index in [0.29, 0.717) is 13.2 Å². The third-order valence-electron chi connectivity index (χ3n) is 1.47. The molecular formula is C8H18N2O2. The fraction of sp³-hybridized carbons (Fsp3) is 0.875. The predicted molar refractivity (Wildman–Crippen MR) is 47.8 cm³/mol. The number of carbonyl (C=O) groups excluding carboxylic acids is 1. The molecule has 4 heteroatoms. The van der Waals surface area contributed by atoms with Gasteiger partial charge in [-0.05, 0) is 19.9 Å². The molecule has 0 aromatic carbocycles. The van der Waals surface area contributed by atoms with Gasteiger partial charge in [0.1, 0.15) is 6.04 Å². The van der Waals surface area contributed by atoms with Gasteiger partial charge in [-0.15, -0.1) is 0 Å². The summed E-state index contributed by atoms with van der Waals surface area (Å²) >= 11 is 0. The first-order valence-corrected chi connectivity index (χ1v) is 4.32. The van der Waals surface area contributed by atoms with Gasteiger partial charge in [0.15, 0.2) is 0 Å². The van der Waals surface area contributed by atoms with Crippen molar-refractivity contribution in [2.45, 2.75) is 26.3 Å². The SMILES string of the molecule is CCCNC(COCC)C(N)=O. The topological polar surface area (TPSA) is 64.3 Å². The van der Waals surface area contributed by atoms with E-state index in [9.17, 15) is 4.79 Å². The minimum absolute atomic E-state index is 0.343. The zero-order valence-electron chi connectivity index (χ0n) is 7.80. The first kappa shape index (κ1) is 11.4. The summed E-state index contributed by atoms with van der Waals surface area (Å²) < 4.78 is 5.09. The highest BCUT2D eigenvalue weighted by Crippen LogP contribution is 1.85. The Morgan fingerprint density at radius 3 is 2.67 bits per heavy atom. The van der Waals surface area contributed by atoms with E-state index in [0.717, 1.165) is 13.0 Å². The van der Waals surface area contributed by atoms with Gasteiger partial charge in [-0.3, -0.25) is 4.79 Å². The van der Waals surface area contributed by atoms with Gasteiger partial charge < -0.3 is 15.8 Å². The Bertz CT molecular complexity index is 120. The van der Waals surface area contributed by atoms with Crippen molar-refractivity contribution >= 4 is 5.91 Å². The Kier molecular flexibility index (Phi) is 6.70. The molecule has 0 heterocycles. The second-order valence-corrected chi connectivity index (χ2v) is 2.57. The fourth-order valence-electron chi connectivity index (χ4n) is 0.796. The summed E-state index contributed by atoms with van der Waals surface area (Å²) in [6, 6.07) is -0.343. The lowest BCUT2D eigenvalue weighted by Gasteiger charge is -2.13. The molecule has 12 heavy (non-hydrogen) atoms. The van der Waals surface area contributed by atoms with Crippen LogP contribution in [0, 0.1) is 0 Å². The molecule has 0 aliphatic rings. The minimum atomic E-state index is -0.350. The van der Waals surface area contributed by atoms with Crippen LogP contribution in [0.2, 0.25) is 0 Å². The molecule has 1 unspecified atom stereocenters. The van der Waals surface area contributed by atoms with Gasteiger partial charge in [0, 0.05) is 6.61 Å². The van der Waals surface area contributed by atoms with Gasteiger partial charge >= 0.3 is 0 Å². The highest BCUT2D eigenvalue weighted by Gasteiger charge is 2.12. The molecule has 72 valence electrons. The molecule has 0 aromatic rings. The van der Waals surface area contributed by atoms with Gasteiger partial charge in [-0.2, -0.15) is 0 Å². The van der Waals surface area contributed by atoms with Crippen molar-refractivity contribution in [2.75, 3.05) is 19.8 Å². The van der Waals surface area contributed by atoms with Crippen LogP contribution in [0.15, 0.2) is 0 Å². The van der Waals surface area contributed by atoms with Crippen molar-refractivity contribution in [1.82, 2.24) is 5.32 Å². The molecule has 0 saturated carbocycles. The fourth-order valence-corrected chi connectivity index (χ4v) is 0.796. The lowest BCUT2D eigenvalue weighted by atomic mass is 10.3. The van der Waals surface area contributed by atoms with Crippen molar-refractivity contribution in [3.8, 4) is 0 Å². The minimum Gasteiger partial charge on any atom is -0.380 e. The van der Waals surface area contributed by atoms with E-state index in [-0.39, 0.29) is 11.9 Å². The Balaban J connectivity index is 3.62. The van der Waals surface area contributed by atoms with Gasteiger partial charge in [-0.1, -0.05) is 6.92 Å². The van der Waals surface area contributed by atoms with Crippen LogP contribution in [0.25, 0.3) is 0 Å². The smallest absolute Gasteiger partial charge is 0.236 e. The highest BCUT2D eigenvalue weighted by atomic mass is 16.5. The van der Waals surface area contributed by atoms with Crippen LogP contribution < -0.4 is 11.1 Å². The third-order valence-corrected chi connectivity index (χ3v) is 1.47. The van der Waals surface area contributed by atoms with Crippen molar-refractivity contribution < 1.29 is 9.53 Å². The number of nitrogens with one attached hydrogen (secondary N) is 1. The molecule has 0 aliphatic carbocycles. The van der Waals surface area contributed by atoms with Crippen LogP contribution >= 0.6 is 0 Å². The van der Waals surface area contributed by atoms with Gasteiger partial charge in [0.2, 0.25) is 5.91 Å². The summed E-state index contributed by atoms with van der Waals surface area (Å²) in [6.07, 6.45) is 0.982. The summed E-state index contributed by atoms with van der Waals surface area (Å²) in [5, 5.41) is 3.00. The van der Waals surface area contributed by atoms with E-state index in [4.69, 9.17) is 10.5 Å². The molecule has 1 atom stereocenters. The van der Waals surface area contributed by atoms with E-state index < -0.39 is 0 Å². The van der Waals surface area contributed by atoms with Crippen LogP contribution in [0.5, 0.6) is 0 Å². The molecule has 0 radical (unpaired) electrons. The quantitative estimate of drug-likeness (QED) is 0.565. The number of nitrogens with two attached hydrogens (primary N) is 1. The summed E-state index contributed by atoms with van der Waals surface area (Å²) in [4.78, 5) is 10.8. The van der Waals surface area contributed by atoms with E-state index in [1.165, 1.54) is 0 Å². The molecule has 0 fully saturated rings. The number of hydrogen-bond acceptors (Lipinski definition) is 3. The first-order chi connectivity index (χ1) is 5.72. The Hall–Kier alpha value is -0.610. The van der Waals surface area contributed by atoms with E-state index in [2.05, 4.69) is 5.32 Å². The second-order valence-electron chi connectivity index (χ2n) is 2.57. The van der Waals surface area contributed by atoms with Crippen LogP contribution in [0.3, 0.4) is 0 Å². The molecule has 4 nitrogen and oxygen atoms in total. The number of amides is 1. The van der Waals surface area contributed by atoms with Gasteiger partial charge in [-0.25, -0.2) is 0 Å². The Morgan fingerprint density at radius 2 is 2.25 bits per heavy atom. The maximum atomic E-state index is 10.8. The summed E-state index contributed by atoms with van der Waals surface area (Å²) in [5.41, 5.74) is 5.14. The Labute approximate surface area is 73.5 Å². The molecule has 0 bridgehead atoms. The second kappa shape index (κ2) is 7.06. The van der Waals surface area contributed by atoms with Gasteiger partial charge in [0.25, 0.3) is 0 Å². The number of ether oxygens (including phenoxy) is 1. The zero-order valence-corrected chi connectivity index (χ0v) is 7.80. The normalized spacial score (nSPS) is 12.8. The molecule has 0 aromatic heterocycles. The molecule has 1 amide bonds. The van der Waals surface area contributed by atoms with Crippen LogP contribution in [0.1, 0.15) is 20.3 Å². The third kappa shape index (κ3) is 5.09. The van der Waals surface area contributed by atoms with Gasteiger partial charge in [0.05, 0.1) is 6.61 Å². The van der Waals surface area contributed by atoms with Crippen LogP contribution in [-0.4, -0.2) is 31.7 Å². The molecule has 0 saturated heterocycles. The van der Waals surface area contributed by atoms with Crippen molar-refractivity contribution in [3.63, 3.8) is 0 Å². The van der Waals surface area contributed by atoms with Crippen molar-refractivity contribution in [3.05, 3.63) is 0 Å². The van der Waals surface area contributed by atoms with E-state index in [1.807, 2.05) is 13.8 Å². The largest absolute Gasteiger partial charge is 0.380 e. The number of carbonyl (C=O) groups is 1.